The van der Waals surface area contributed by atoms with Gasteiger partial charge in [-0.15, -0.1) is 0 Å². The molecule has 1 N–H and O–H groups in total. The van der Waals surface area contributed by atoms with Crippen LogP contribution in [0.1, 0.15) is 12.8 Å². The lowest BCUT2D eigenvalue weighted by molar-refractivity contribution is 0.131. The lowest BCUT2D eigenvalue weighted by Crippen LogP contribution is -2.51. The van der Waals surface area contributed by atoms with E-state index >= 15 is 0 Å². The van der Waals surface area contributed by atoms with Crippen LogP contribution in [0.4, 0.5) is 0 Å². The van der Waals surface area contributed by atoms with Crippen molar-refractivity contribution in [2.24, 2.45) is 0 Å². The fourth-order valence-electron chi connectivity index (χ4n) is 2.25. The van der Waals surface area contributed by atoms with Crippen molar-refractivity contribution in [3.63, 3.8) is 0 Å². The molecule has 2 heterocycles. The maximum Gasteiger partial charge on any atom is 0.0201 e. The molecule has 2 rings (SSSR count). The van der Waals surface area contributed by atoms with Gasteiger partial charge in [0.15, 0.2) is 0 Å². The summed E-state index contributed by atoms with van der Waals surface area (Å²) in [6.07, 6.45) is 2.73. The van der Waals surface area contributed by atoms with E-state index in [9.17, 15) is 0 Å². The Morgan fingerprint density at radius 2 is 1.62 bits per heavy atom. The van der Waals surface area contributed by atoms with Gasteiger partial charge in [-0.25, -0.2) is 3.11 Å². The van der Waals surface area contributed by atoms with Gasteiger partial charge in [0.2, 0.25) is 0 Å². The van der Waals surface area contributed by atoms with E-state index in [1.807, 2.05) is 0 Å². The van der Waals surface area contributed by atoms with Gasteiger partial charge in [-0.3, -0.25) is 4.90 Å². The summed E-state index contributed by atoms with van der Waals surface area (Å²) in [7, 11) is 0. The summed E-state index contributed by atoms with van der Waals surface area (Å²) in [5, 5.41) is 3.41. The number of piperazine rings is 1. The van der Waals surface area contributed by atoms with E-state index in [1.165, 1.54) is 52.1 Å². The van der Waals surface area contributed by atoms with Crippen molar-refractivity contribution in [2.45, 2.75) is 18.9 Å². The maximum absolute atomic E-state index is 3.41. The van der Waals surface area contributed by atoms with Gasteiger partial charge >= 0.3 is 0 Å². The second-order valence-electron chi connectivity index (χ2n) is 3.93. The fourth-order valence-corrected chi connectivity index (χ4v) is 2.80. The Balaban J connectivity index is 1.79. The van der Waals surface area contributed by atoms with E-state index in [1.54, 1.807) is 0 Å². The first kappa shape index (κ1) is 10.1. The van der Waals surface area contributed by atoms with E-state index in [0.29, 0.717) is 0 Å². The Hall–Kier alpha value is 0.610. The normalized spacial score (nSPS) is 29.3. The molecule has 4 heteroatoms. The van der Waals surface area contributed by atoms with Gasteiger partial charge < -0.3 is 5.32 Å². The maximum atomic E-state index is 3.41. The van der Waals surface area contributed by atoms with Crippen molar-refractivity contribution in [3.8, 4) is 0 Å². The number of nitrogens with zero attached hydrogens (tertiary/aromatic N) is 2. The number of nitrogens with one attached hydrogen (secondary N) is 1. The summed E-state index contributed by atoms with van der Waals surface area (Å²) < 4.78 is 2.41. The van der Waals surface area contributed by atoms with E-state index in [4.69, 9.17) is 0 Å². The lowest BCUT2D eigenvalue weighted by Gasteiger charge is -2.38. The molecule has 3 nitrogen and oxygen atoms in total. The van der Waals surface area contributed by atoms with Crippen LogP contribution >= 0.6 is 22.9 Å². The first-order chi connectivity index (χ1) is 6.36. The highest BCUT2D eigenvalue weighted by Crippen LogP contribution is 2.18. The Bertz CT molecular complexity index is 151. The first-order valence-electron chi connectivity index (χ1n) is 5.22. The van der Waals surface area contributed by atoms with Crippen LogP contribution in [0.2, 0.25) is 0 Å². The van der Waals surface area contributed by atoms with Crippen LogP contribution in [0.5, 0.6) is 0 Å². The second-order valence-corrected chi connectivity index (χ2v) is 5.29. The number of halogens is 1. The minimum atomic E-state index is 0.869. The summed E-state index contributed by atoms with van der Waals surface area (Å²) in [6.45, 7) is 7.43. The molecular formula is C9H18IN3. The SMILES string of the molecule is IN1CCC(N2CCNCC2)CC1. The molecular weight excluding hydrogens is 277 g/mol. The largest absolute Gasteiger partial charge is 0.314 e. The molecule has 0 radical (unpaired) electrons. The van der Waals surface area contributed by atoms with Gasteiger partial charge in [0.05, 0.1) is 0 Å². The van der Waals surface area contributed by atoms with Gasteiger partial charge in [0.1, 0.15) is 0 Å². The third kappa shape index (κ3) is 2.78. The molecule has 0 amide bonds. The molecule has 0 atom stereocenters. The van der Waals surface area contributed by atoms with Crippen LogP contribution < -0.4 is 5.32 Å². The molecule has 0 aliphatic carbocycles. The van der Waals surface area contributed by atoms with Crippen molar-refractivity contribution >= 4 is 22.9 Å². The molecule has 0 aromatic rings. The molecule has 0 saturated carbocycles. The molecule has 0 bridgehead atoms. The fraction of sp³-hybridized carbons (Fsp3) is 1.00. The van der Waals surface area contributed by atoms with Crippen LogP contribution in [0.25, 0.3) is 0 Å². The average molecular weight is 295 g/mol. The van der Waals surface area contributed by atoms with E-state index in [2.05, 4.69) is 36.2 Å². The first-order valence-corrected chi connectivity index (χ1v) is 6.18. The summed E-state index contributed by atoms with van der Waals surface area (Å²) in [4.78, 5) is 2.67. The van der Waals surface area contributed by atoms with E-state index < -0.39 is 0 Å². The monoisotopic (exact) mass is 295 g/mol. The van der Waals surface area contributed by atoms with E-state index in [-0.39, 0.29) is 0 Å². The van der Waals surface area contributed by atoms with Crippen molar-refractivity contribution in [3.05, 3.63) is 0 Å². The number of piperidine rings is 1. The van der Waals surface area contributed by atoms with Crippen molar-refractivity contribution < 1.29 is 0 Å². The molecule has 2 fully saturated rings. The minimum Gasteiger partial charge on any atom is -0.314 e. The van der Waals surface area contributed by atoms with Gasteiger partial charge in [-0.1, -0.05) is 0 Å². The molecule has 13 heavy (non-hydrogen) atoms. The highest BCUT2D eigenvalue weighted by Gasteiger charge is 2.24. The summed E-state index contributed by atoms with van der Waals surface area (Å²) in [5.74, 6) is 0. The number of hydrogen-bond acceptors (Lipinski definition) is 3. The molecule has 2 aliphatic rings. The van der Waals surface area contributed by atoms with Crippen LogP contribution in [-0.4, -0.2) is 53.3 Å². The van der Waals surface area contributed by atoms with Gasteiger partial charge in [-0.05, 0) is 12.8 Å². The van der Waals surface area contributed by atoms with Gasteiger partial charge in [0, 0.05) is 68.2 Å². The van der Waals surface area contributed by atoms with Crippen LogP contribution in [0.15, 0.2) is 0 Å². The zero-order valence-electron chi connectivity index (χ0n) is 8.01. The topological polar surface area (TPSA) is 18.5 Å². The molecule has 0 spiro atoms. The minimum absolute atomic E-state index is 0.869. The lowest BCUT2D eigenvalue weighted by atomic mass is 10.0. The van der Waals surface area contributed by atoms with E-state index in [0.717, 1.165) is 6.04 Å². The Labute approximate surface area is 94.3 Å². The third-order valence-corrected chi connectivity index (χ3v) is 4.04. The Kier molecular flexibility index (Phi) is 3.83. The third-order valence-electron chi connectivity index (χ3n) is 3.08. The molecule has 2 saturated heterocycles. The number of hydrogen-bond donors (Lipinski definition) is 1. The Morgan fingerprint density at radius 3 is 2.23 bits per heavy atom. The highest BCUT2D eigenvalue weighted by atomic mass is 127. The molecule has 0 unspecified atom stereocenters. The van der Waals surface area contributed by atoms with Crippen molar-refractivity contribution in [1.29, 1.82) is 0 Å². The van der Waals surface area contributed by atoms with Gasteiger partial charge in [-0.2, -0.15) is 0 Å². The van der Waals surface area contributed by atoms with Crippen molar-refractivity contribution in [2.75, 3.05) is 39.3 Å². The van der Waals surface area contributed by atoms with Gasteiger partial charge in [0.25, 0.3) is 0 Å². The molecule has 2 aliphatic heterocycles. The summed E-state index contributed by atoms with van der Waals surface area (Å²) in [5.41, 5.74) is 0. The van der Waals surface area contributed by atoms with Crippen molar-refractivity contribution in [1.82, 2.24) is 13.3 Å². The van der Waals surface area contributed by atoms with Crippen LogP contribution in [-0.2, 0) is 0 Å². The van der Waals surface area contributed by atoms with Crippen LogP contribution in [0.3, 0.4) is 0 Å². The zero-order chi connectivity index (χ0) is 9.10. The molecule has 0 aromatic heterocycles. The molecule has 0 aromatic carbocycles. The highest BCUT2D eigenvalue weighted by molar-refractivity contribution is 14.1. The zero-order valence-corrected chi connectivity index (χ0v) is 10.2. The predicted octanol–water partition coefficient (Wildman–Crippen LogP) is 0.706. The average Bonchev–Trinajstić information content (AvgIpc) is 2.20. The standard InChI is InChI=1S/C9H18IN3/c10-13-5-1-9(2-6-13)12-7-3-11-4-8-12/h9,11H,1-8H2. The quantitative estimate of drug-likeness (QED) is 0.568. The molecule has 76 valence electrons. The summed E-state index contributed by atoms with van der Waals surface area (Å²) >= 11 is 2.44. The Morgan fingerprint density at radius 1 is 1.00 bits per heavy atom. The number of rotatable bonds is 1. The smallest absolute Gasteiger partial charge is 0.0201 e. The summed E-state index contributed by atoms with van der Waals surface area (Å²) in [6, 6.07) is 0.869. The predicted molar refractivity (Wildman–Crippen MR) is 63.1 cm³/mol. The second kappa shape index (κ2) is 4.91. The van der Waals surface area contributed by atoms with Crippen LogP contribution in [0, 0.1) is 0 Å².